The molecule has 3 aromatic rings. The Morgan fingerprint density at radius 1 is 1.04 bits per heavy atom. The van der Waals surface area contributed by atoms with Crippen LogP contribution in [0.25, 0.3) is 10.6 Å². The molecular formula is C18H19N5OS. The van der Waals surface area contributed by atoms with Gasteiger partial charge in [-0.1, -0.05) is 44.2 Å². The maximum absolute atomic E-state index is 12.1. The van der Waals surface area contributed by atoms with E-state index in [1.807, 2.05) is 36.4 Å². The molecule has 1 aromatic carbocycles. The molecule has 2 N–H and O–H groups in total. The van der Waals surface area contributed by atoms with Gasteiger partial charge in [0.1, 0.15) is 0 Å². The predicted octanol–water partition coefficient (Wildman–Crippen LogP) is 4.54. The van der Waals surface area contributed by atoms with Gasteiger partial charge in [-0.05, 0) is 35.2 Å². The molecule has 2 aromatic heterocycles. The standard InChI is InChI=1S/C18H19N5OS/c1-18(2,3)13-6-8-14(9-7-13)20-16(24)21-17-23-22-15(25-17)12-5-4-10-19-11-12/h4-11H,1-3H3,(H2,20,21,23,24). The van der Waals surface area contributed by atoms with Crippen LogP contribution >= 0.6 is 11.3 Å². The number of hydrogen-bond acceptors (Lipinski definition) is 5. The van der Waals surface area contributed by atoms with Crippen LogP contribution in [0.5, 0.6) is 0 Å². The molecule has 0 atom stereocenters. The van der Waals surface area contributed by atoms with Crippen molar-refractivity contribution in [3.8, 4) is 10.6 Å². The first-order valence-corrected chi connectivity index (χ1v) is 8.66. The molecule has 0 bridgehead atoms. The first kappa shape index (κ1) is 17.0. The van der Waals surface area contributed by atoms with Crippen LogP contribution in [0.1, 0.15) is 26.3 Å². The molecule has 2 heterocycles. The number of carbonyl (C=O) groups is 1. The van der Waals surface area contributed by atoms with E-state index in [-0.39, 0.29) is 11.4 Å². The van der Waals surface area contributed by atoms with E-state index in [2.05, 4.69) is 46.6 Å². The molecule has 0 aliphatic carbocycles. The lowest BCUT2D eigenvalue weighted by molar-refractivity contribution is 0.262. The number of pyridine rings is 1. The van der Waals surface area contributed by atoms with E-state index in [1.165, 1.54) is 16.9 Å². The largest absolute Gasteiger partial charge is 0.325 e. The van der Waals surface area contributed by atoms with Crippen molar-refractivity contribution in [1.82, 2.24) is 15.2 Å². The fourth-order valence-corrected chi connectivity index (χ4v) is 2.92. The highest BCUT2D eigenvalue weighted by atomic mass is 32.1. The van der Waals surface area contributed by atoms with Gasteiger partial charge in [0.2, 0.25) is 5.13 Å². The number of carbonyl (C=O) groups excluding carboxylic acids is 1. The van der Waals surface area contributed by atoms with Gasteiger partial charge in [0.25, 0.3) is 0 Å². The van der Waals surface area contributed by atoms with Crippen molar-refractivity contribution in [2.45, 2.75) is 26.2 Å². The lowest BCUT2D eigenvalue weighted by Crippen LogP contribution is -2.19. The molecule has 0 aliphatic heterocycles. The van der Waals surface area contributed by atoms with Crippen LogP contribution < -0.4 is 10.6 Å². The molecule has 6 nitrogen and oxygen atoms in total. The minimum absolute atomic E-state index is 0.0794. The summed E-state index contributed by atoms with van der Waals surface area (Å²) in [5, 5.41) is 14.7. The smallest absolute Gasteiger partial charge is 0.308 e. The highest BCUT2D eigenvalue weighted by Gasteiger charge is 2.14. The summed E-state index contributed by atoms with van der Waals surface area (Å²) in [6.45, 7) is 6.45. The summed E-state index contributed by atoms with van der Waals surface area (Å²) >= 11 is 1.30. The number of aromatic nitrogens is 3. The number of urea groups is 1. The van der Waals surface area contributed by atoms with Crippen molar-refractivity contribution in [3.63, 3.8) is 0 Å². The molecule has 0 saturated heterocycles. The minimum atomic E-state index is -0.350. The third kappa shape index (κ3) is 4.39. The number of nitrogens with zero attached hydrogens (tertiary/aromatic N) is 3. The van der Waals surface area contributed by atoms with E-state index in [0.717, 1.165) is 11.3 Å². The van der Waals surface area contributed by atoms with E-state index < -0.39 is 0 Å². The molecule has 2 amide bonds. The van der Waals surface area contributed by atoms with Gasteiger partial charge in [-0.3, -0.25) is 10.3 Å². The second-order valence-electron chi connectivity index (χ2n) is 6.56. The highest BCUT2D eigenvalue weighted by molar-refractivity contribution is 7.18. The number of nitrogens with one attached hydrogen (secondary N) is 2. The van der Waals surface area contributed by atoms with Crippen LogP contribution in [0.2, 0.25) is 0 Å². The number of rotatable bonds is 3. The molecule has 0 spiro atoms. The van der Waals surface area contributed by atoms with Crippen molar-refractivity contribution in [2.75, 3.05) is 10.6 Å². The highest BCUT2D eigenvalue weighted by Crippen LogP contribution is 2.26. The Morgan fingerprint density at radius 3 is 2.44 bits per heavy atom. The average molecular weight is 353 g/mol. The fourth-order valence-electron chi connectivity index (χ4n) is 2.19. The van der Waals surface area contributed by atoms with Gasteiger partial charge in [-0.25, -0.2) is 4.79 Å². The van der Waals surface area contributed by atoms with Crippen molar-refractivity contribution in [3.05, 3.63) is 54.4 Å². The van der Waals surface area contributed by atoms with E-state index >= 15 is 0 Å². The number of hydrogen-bond donors (Lipinski definition) is 2. The van der Waals surface area contributed by atoms with E-state index in [9.17, 15) is 4.79 Å². The van der Waals surface area contributed by atoms with Crippen LogP contribution in [0, 0.1) is 0 Å². The summed E-state index contributed by atoms with van der Waals surface area (Å²) in [6, 6.07) is 11.2. The molecule has 7 heteroatoms. The zero-order valence-electron chi connectivity index (χ0n) is 14.3. The van der Waals surface area contributed by atoms with Crippen molar-refractivity contribution in [2.24, 2.45) is 0 Å². The van der Waals surface area contributed by atoms with E-state index in [1.54, 1.807) is 12.4 Å². The Bertz CT molecular complexity index is 853. The first-order valence-electron chi connectivity index (χ1n) is 7.84. The third-order valence-corrected chi connectivity index (χ3v) is 4.45. The number of benzene rings is 1. The summed E-state index contributed by atoms with van der Waals surface area (Å²) in [5.41, 5.74) is 2.88. The van der Waals surface area contributed by atoms with Crippen molar-refractivity contribution in [1.29, 1.82) is 0 Å². The maximum atomic E-state index is 12.1. The lowest BCUT2D eigenvalue weighted by Gasteiger charge is -2.19. The lowest BCUT2D eigenvalue weighted by atomic mass is 9.87. The second-order valence-corrected chi connectivity index (χ2v) is 7.54. The summed E-state index contributed by atoms with van der Waals surface area (Å²) in [6.07, 6.45) is 3.41. The predicted molar refractivity (Wildman–Crippen MR) is 101 cm³/mol. The van der Waals surface area contributed by atoms with Gasteiger partial charge in [-0.15, -0.1) is 10.2 Å². The molecule has 3 rings (SSSR count). The maximum Gasteiger partial charge on any atom is 0.325 e. The topological polar surface area (TPSA) is 79.8 Å². The molecule has 0 unspecified atom stereocenters. The molecule has 0 aliphatic rings. The SMILES string of the molecule is CC(C)(C)c1ccc(NC(=O)Nc2nnc(-c3cccnc3)s2)cc1. The summed E-state index contributed by atoms with van der Waals surface area (Å²) in [5.74, 6) is 0. The fraction of sp³-hybridized carbons (Fsp3) is 0.222. The Hall–Kier alpha value is -2.80. The third-order valence-electron chi connectivity index (χ3n) is 3.56. The van der Waals surface area contributed by atoms with Gasteiger partial charge in [0.05, 0.1) is 0 Å². The monoisotopic (exact) mass is 353 g/mol. The van der Waals surface area contributed by atoms with E-state index in [0.29, 0.717) is 10.1 Å². The van der Waals surface area contributed by atoms with Crippen LogP contribution in [0.3, 0.4) is 0 Å². The van der Waals surface area contributed by atoms with Gasteiger partial charge in [-0.2, -0.15) is 0 Å². The van der Waals surface area contributed by atoms with Gasteiger partial charge in [0, 0.05) is 23.6 Å². The molecular weight excluding hydrogens is 334 g/mol. The molecule has 0 saturated carbocycles. The van der Waals surface area contributed by atoms with Gasteiger partial charge >= 0.3 is 6.03 Å². The summed E-state index contributed by atoms with van der Waals surface area (Å²) in [7, 11) is 0. The Kier molecular flexibility index (Phi) is 4.76. The van der Waals surface area contributed by atoms with Crippen LogP contribution in [0.4, 0.5) is 15.6 Å². The van der Waals surface area contributed by atoms with Crippen LogP contribution in [-0.2, 0) is 5.41 Å². The van der Waals surface area contributed by atoms with Crippen molar-refractivity contribution >= 4 is 28.2 Å². The van der Waals surface area contributed by atoms with Crippen LogP contribution in [-0.4, -0.2) is 21.2 Å². The molecule has 0 fully saturated rings. The minimum Gasteiger partial charge on any atom is -0.308 e. The summed E-state index contributed by atoms with van der Waals surface area (Å²) in [4.78, 5) is 16.2. The average Bonchev–Trinajstić information content (AvgIpc) is 3.03. The summed E-state index contributed by atoms with van der Waals surface area (Å²) < 4.78 is 0. The quantitative estimate of drug-likeness (QED) is 0.724. The number of amides is 2. The molecule has 0 radical (unpaired) electrons. The van der Waals surface area contributed by atoms with Crippen molar-refractivity contribution < 1.29 is 4.79 Å². The molecule has 25 heavy (non-hydrogen) atoms. The van der Waals surface area contributed by atoms with Crippen LogP contribution in [0.15, 0.2) is 48.8 Å². The Labute approximate surface area is 150 Å². The van der Waals surface area contributed by atoms with Gasteiger partial charge < -0.3 is 5.32 Å². The Morgan fingerprint density at radius 2 is 1.80 bits per heavy atom. The number of anilines is 2. The normalized spacial score (nSPS) is 11.2. The van der Waals surface area contributed by atoms with Gasteiger partial charge in [0.15, 0.2) is 5.01 Å². The Balaban J connectivity index is 1.62. The molecule has 128 valence electrons. The second kappa shape index (κ2) is 6.98. The zero-order valence-corrected chi connectivity index (χ0v) is 15.1. The zero-order chi connectivity index (χ0) is 17.9. The van der Waals surface area contributed by atoms with E-state index in [4.69, 9.17) is 0 Å². The first-order chi connectivity index (χ1) is 11.9.